The van der Waals surface area contributed by atoms with Crippen LogP contribution in [0.3, 0.4) is 0 Å². The fourth-order valence-electron chi connectivity index (χ4n) is 3.09. The van der Waals surface area contributed by atoms with Crippen molar-refractivity contribution in [2.75, 3.05) is 7.11 Å². The lowest BCUT2D eigenvalue weighted by molar-refractivity contribution is -0.178. The number of hydrogen-bond donors (Lipinski definition) is 1. The Morgan fingerprint density at radius 1 is 1.32 bits per heavy atom. The third kappa shape index (κ3) is 2.69. The molecule has 0 heterocycles. The molecule has 108 valence electrons. The largest absolute Gasteiger partial charge is 0.471 e. The number of hydrogen-bond acceptors (Lipinski definition) is 3. The zero-order valence-electron chi connectivity index (χ0n) is 10.5. The van der Waals surface area contributed by atoms with E-state index in [1.165, 1.54) is 0 Å². The monoisotopic (exact) mass is 279 g/mol. The second-order valence-corrected chi connectivity index (χ2v) is 5.49. The fraction of sp³-hybridized carbons (Fsp3) is 0.833. The van der Waals surface area contributed by atoms with Crippen LogP contribution in [0, 0.1) is 11.3 Å². The first-order valence-electron chi connectivity index (χ1n) is 6.23. The molecular weight excluding hydrogens is 263 g/mol. The van der Waals surface area contributed by atoms with Gasteiger partial charge in [0.1, 0.15) is 6.04 Å². The first kappa shape index (κ1) is 14.1. The zero-order valence-corrected chi connectivity index (χ0v) is 10.5. The highest BCUT2D eigenvalue weighted by atomic mass is 19.4. The van der Waals surface area contributed by atoms with E-state index in [0.29, 0.717) is 12.8 Å². The summed E-state index contributed by atoms with van der Waals surface area (Å²) in [7, 11) is 1.10. The van der Waals surface area contributed by atoms with Gasteiger partial charge in [0, 0.05) is 0 Å². The van der Waals surface area contributed by atoms with Gasteiger partial charge in [-0.25, -0.2) is 4.79 Å². The second kappa shape index (κ2) is 4.68. The summed E-state index contributed by atoms with van der Waals surface area (Å²) in [6, 6.07) is -1.19. The minimum atomic E-state index is -4.98. The Kier molecular flexibility index (Phi) is 3.49. The molecule has 0 aromatic heterocycles. The molecule has 1 N–H and O–H groups in total. The number of alkyl halides is 3. The average molecular weight is 279 g/mol. The predicted octanol–water partition coefficient (Wildman–Crippen LogP) is 1.79. The van der Waals surface area contributed by atoms with E-state index in [0.717, 1.165) is 26.4 Å². The standard InChI is InChI=1S/C12H16F3NO3/c1-19-9(17)8(16-10(18)12(13,14)15)7-5-11(6-7)3-2-4-11/h7-8H,2-6H2,1H3,(H,16,18). The van der Waals surface area contributed by atoms with Crippen molar-refractivity contribution in [2.24, 2.45) is 11.3 Å². The number of nitrogens with one attached hydrogen (secondary N) is 1. The second-order valence-electron chi connectivity index (χ2n) is 5.49. The van der Waals surface area contributed by atoms with E-state index < -0.39 is 24.1 Å². The van der Waals surface area contributed by atoms with Crippen LogP contribution in [0.1, 0.15) is 32.1 Å². The van der Waals surface area contributed by atoms with Crippen LogP contribution in [0.15, 0.2) is 0 Å². The van der Waals surface area contributed by atoms with Crippen LogP contribution in [0.4, 0.5) is 13.2 Å². The maximum atomic E-state index is 12.2. The van der Waals surface area contributed by atoms with Crippen molar-refractivity contribution in [3.8, 4) is 0 Å². The highest BCUT2D eigenvalue weighted by Gasteiger charge is 2.53. The van der Waals surface area contributed by atoms with Crippen LogP contribution in [0.2, 0.25) is 0 Å². The molecule has 4 nitrogen and oxygen atoms in total. The average Bonchev–Trinajstić information content (AvgIpc) is 2.21. The summed E-state index contributed by atoms with van der Waals surface area (Å²) in [6.07, 6.45) is -0.361. The van der Waals surface area contributed by atoms with E-state index in [2.05, 4.69) is 4.74 Å². The molecule has 0 aromatic carbocycles. The van der Waals surface area contributed by atoms with Crippen molar-refractivity contribution in [3.05, 3.63) is 0 Å². The first-order chi connectivity index (χ1) is 8.77. The van der Waals surface area contributed by atoms with Gasteiger partial charge in [-0.2, -0.15) is 13.2 Å². The summed E-state index contributed by atoms with van der Waals surface area (Å²) in [5.41, 5.74) is 0.208. The summed E-state index contributed by atoms with van der Waals surface area (Å²) in [5.74, 6) is -3.15. The molecule has 2 aliphatic rings. The molecule has 0 bridgehead atoms. The van der Waals surface area contributed by atoms with E-state index in [4.69, 9.17) is 0 Å². The van der Waals surface area contributed by atoms with Gasteiger partial charge < -0.3 is 10.1 Å². The van der Waals surface area contributed by atoms with Gasteiger partial charge in [0.25, 0.3) is 0 Å². The van der Waals surface area contributed by atoms with Gasteiger partial charge in [0.15, 0.2) is 0 Å². The Hall–Kier alpha value is -1.27. The molecule has 7 heteroatoms. The smallest absolute Gasteiger partial charge is 0.467 e. The van der Waals surface area contributed by atoms with Crippen molar-refractivity contribution in [2.45, 2.75) is 44.3 Å². The molecule has 2 rings (SSSR count). The van der Waals surface area contributed by atoms with E-state index in [9.17, 15) is 22.8 Å². The van der Waals surface area contributed by atoms with Crippen molar-refractivity contribution >= 4 is 11.9 Å². The minimum Gasteiger partial charge on any atom is -0.467 e. The number of carbonyl (C=O) groups is 2. The zero-order chi connectivity index (χ0) is 14.3. The highest BCUT2D eigenvalue weighted by molar-refractivity contribution is 5.87. The van der Waals surface area contributed by atoms with Gasteiger partial charge in [0.05, 0.1) is 7.11 Å². The molecule has 0 aliphatic heterocycles. The van der Waals surface area contributed by atoms with E-state index >= 15 is 0 Å². The number of methoxy groups -OCH3 is 1. The number of esters is 1. The summed E-state index contributed by atoms with van der Waals surface area (Å²) in [5, 5.41) is 1.76. The molecule has 1 unspecified atom stereocenters. The molecule has 1 spiro atoms. The van der Waals surface area contributed by atoms with Crippen LogP contribution < -0.4 is 5.32 Å². The van der Waals surface area contributed by atoms with Gasteiger partial charge in [0.2, 0.25) is 0 Å². The lowest BCUT2D eigenvalue weighted by Crippen LogP contribution is -2.57. The number of carbonyl (C=O) groups excluding carboxylic acids is 2. The van der Waals surface area contributed by atoms with E-state index in [1.807, 2.05) is 0 Å². The van der Waals surface area contributed by atoms with Crippen LogP contribution >= 0.6 is 0 Å². The SMILES string of the molecule is COC(=O)C(NC(=O)C(F)(F)F)C1CC2(CCC2)C1. The van der Waals surface area contributed by atoms with Crippen molar-refractivity contribution in [1.29, 1.82) is 0 Å². The molecule has 0 aromatic rings. The highest BCUT2D eigenvalue weighted by Crippen LogP contribution is 2.59. The Labute approximate surface area is 108 Å². The summed E-state index contributed by atoms with van der Waals surface area (Å²) < 4.78 is 41.2. The molecule has 2 saturated carbocycles. The number of halogens is 3. The Morgan fingerprint density at radius 3 is 2.26 bits per heavy atom. The lowest BCUT2D eigenvalue weighted by atomic mass is 9.50. The van der Waals surface area contributed by atoms with Crippen molar-refractivity contribution < 1.29 is 27.5 Å². The van der Waals surface area contributed by atoms with Crippen LogP contribution in [0.5, 0.6) is 0 Å². The normalized spacial score (nSPS) is 23.2. The quantitative estimate of drug-likeness (QED) is 0.801. The topological polar surface area (TPSA) is 55.4 Å². The van der Waals surface area contributed by atoms with E-state index in [1.54, 1.807) is 5.32 Å². The Bertz CT molecular complexity index is 382. The van der Waals surface area contributed by atoms with Crippen molar-refractivity contribution in [1.82, 2.24) is 5.32 Å². The molecule has 2 aliphatic carbocycles. The van der Waals surface area contributed by atoms with Crippen molar-refractivity contribution in [3.63, 3.8) is 0 Å². The molecule has 1 atom stereocenters. The Balaban J connectivity index is 1.97. The molecule has 19 heavy (non-hydrogen) atoms. The number of amides is 1. The molecule has 0 saturated heterocycles. The third-order valence-corrected chi connectivity index (χ3v) is 4.28. The van der Waals surface area contributed by atoms with Gasteiger partial charge in [-0.1, -0.05) is 6.42 Å². The first-order valence-corrected chi connectivity index (χ1v) is 6.23. The predicted molar refractivity (Wildman–Crippen MR) is 59.0 cm³/mol. The van der Waals surface area contributed by atoms with Crippen LogP contribution in [-0.2, 0) is 14.3 Å². The fourth-order valence-corrected chi connectivity index (χ4v) is 3.09. The van der Waals surface area contributed by atoms with Gasteiger partial charge in [-0.05, 0) is 37.0 Å². The maximum Gasteiger partial charge on any atom is 0.471 e. The summed E-state index contributed by atoms with van der Waals surface area (Å²) in [6.45, 7) is 0. The van der Waals surface area contributed by atoms with Crippen LogP contribution in [-0.4, -0.2) is 31.2 Å². The molecule has 2 fully saturated rings. The van der Waals surface area contributed by atoms with Crippen LogP contribution in [0.25, 0.3) is 0 Å². The van der Waals surface area contributed by atoms with Gasteiger partial charge >= 0.3 is 18.1 Å². The molecular formula is C12H16F3NO3. The maximum absolute atomic E-state index is 12.2. The molecule has 0 radical (unpaired) electrons. The minimum absolute atomic E-state index is 0.208. The van der Waals surface area contributed by atoms with Gasteiger partial charge in [-0.3, -0.25) is 4.79 Å². The van der Waals surface area contributed by atoms with Gasteiger partial charge in [-0.15, -0.1) is 0 Å². The summed E-state index contributed by atoms with van der Waals surface area (Å²) in [4.78, 5) is 22.5. The Morgan fingerprint density at radius 2 is 1.89 bits per heavy atom. The van der Waals surface area contributed by atoms with E-state index in [-0.39, 0.29) is 11.3 Å². The summed E-state index contributed by atoms with van der Waals surface area (Å²) >= 11 is 0. The third-order valence-electron chi connectivity index (χ3n) is 4.28. The molecule has 1 amide bonds. The number of rotatable bonds is 3. The number of ether oxygens (including phenoxy) is 1. The lowest BCUT2D eigenvalue weighted by Gasteiger charge is -2.55.